The van der Waals surface area contributed by atoms with Gasteiger partial charge in [-0.2, -0.15) is 0 Å². The minimum Gasteiger partial charge on any atom is -0.382 e. The van der Waals surface area contributed by atoms with Crippen LogP contribution in [-0.2, 0) is 11.2 Å². The fourth-order valence-electron chi connectivity index (χ4n) is 4.90. The lowest BCUT2D eigenvalue weighted by Gasteiger charge is -2.42. The Labute approximate surface area is 212 Å². The molecule has 1 fully saturated rings. The average Bonchev–Trinajstić information content (AvgIpc) is 3.12. The molecule has 35 heavy (non-hydrogen) atoms. The first-order valence-electron chi connectivity index (χ1n) is 11.2. The number of piperidine rings is 1. The van der Waals surface area contributed by atoms with Gasteiger partial charge in [-0.25, -0.2) is 15.0 Å². The molecule has 1 saturated heterocycles. The normalized spacial score (nSPS) is 18.1. The molecular formula is C25H24ClN7OS. The molecule has 5 rings (SSSR count). The van der Waals surface area contributed by atoms with E-state index in [2.05, 4.69) is 37.8 Å². The van der Waals surface area contributed by atoms with Crippen LogP contribution in [0.5, 0.6) is 0 Å². The molecule has 8 nitrogen and oxygen atoms in total. The molecule has 0 bridgehead atoms. The highest BCUT2D eigenvalue weighted by Gasteiger charge is 2.46. The first kappa shape index (κ1) is 23.4. The molecule has 1 aliphatic heterocycles. The quantitative estimate of drug-likeness (QED) is 0.462. The van der Waals surface area contributed by atoms with Crippen molar-refractivity contribution in [3.05, 3.63) is 64.6 Å². The van der Waals surface area contributed by atoms with Crippen LogP contribution in [0.1, 0.15) is 35.6 Å². The summed E-state index contributed by atoms with van der Waals surface area (Å²) in [6.45, 7) is 1.70. The third kappa shape index (κ3) is 4.65. The van der Waals surface area contributed by atoms with Gasteiger partial charge >= 0.3 is 0 Å². The van der Waals surface area contributed by atoms with Gasteiger partial charge in [0.15, 0.2) is 0 Å². The number of nitrogens with zero attached hydrogens (tertiary/aromatic N) is 4. The minimum atomic E-state index is -0.640. The molecule has 2 aliphatic rings. The number of primary amides is 1. The van der Waals surface area contributed by atoms with Gasteiger partial charge in [-0.05, 0) is 59.9 Å². The van der Waals surface area contributed by atoms with Crippen molar-refractivity contribution in [1.29, 1.82) is 0 Å². The van der Waals surface area contributed by atoms with E-state index in [0.717, 1.165) is 59.2 Å². The first-order chi connectivity index (χ1) is 16.8. The molecule has 3 heterocycles. The van der Waals surface area contributed by atoms with Crippen molar-refractivity contribution in [2.75, 3.05) is 23.7 Å². The Morgan fingerprint density at radius 1 is 1.17 bits per heavy atom. The van der Waals surface area contributed by atoms with Crippen LogP contribution in [0, 0.1) is 17.3 Å². The molecule has 1 atom stereocenters. The average molecular weight is 506 g/mol. The Balaban J connectivity index is 1.25. The van der Waals surface area contributed by atoms with E-state index in [1.165, 1.54) is 17.3 Å². The first-order valence-corrected chi connectivity index (χ1v) is 12.4. The van der Waals surface area contributed by atoms with Crippen molar-refractivity contribution in [2.24, 2.45) is 16.9 Å². The third-order valence-corrected chi connectivity index (χ3v) is 8.30. The molecular weight excluding hydrogens is 482 g/mol. The van der Waals surface area contributed by atoms with Crippen molar-refractivity contribution in [3.8, 4) is 11.8 Å². The fraction of sp³-hybridized carbons (Fsp3) is 0.280. The van der Waals surface area contributed by atoms with Gasteiger partial charge in [0.1, 0.15) is 16.7 Å². The van der Waals surface area contributed by atoms with Crippen LogP contribution in [0.2, 0.25) is 5.02 Å². The number of hydrogen-bond donors (Lipinski definition) is 3. The van der Waals surface area contributed by atoms with E-state index in [-0.39, 0.29) is 11.5 Å². The summed E-state index contributed by atoms with van der Waals surface area (Å²) in [6.07, 6.45) is 8.02. The van der Waals surface area contributed by atoms with Crippen LogP contribution in [0.3, 0.4) is 0 Å². The second-order valence-electron chi connectivity index (χ2n) is 8.85. The molecule has 2 aromatic heterocycles. The number of amides is 1. The number of carbonyl (C=O) groups is 1. The maximum absolute atomic E-state index is 11.0. The van der Waals surface area contributed by atoms with Crippen molar-refractivity contribution in [3.63, 3.8) is 0 Å². The lowest BCUT2D eigenvalue weighted by molar-refractivity contribution is -0.112. The van der Waals surface area contributed by atoms with Crippen molar-refractivity contribution >= 4 is 40.9 Å². The highest BCUT2D eigenvalue weighted by Crippen LogP contribution is 2.51. The lowest BCUT2D eigenvalue weighted by Crippen LogP contribution is -2.44. The fourth-order valence-corrected chi connectivity index (χ4v) is 5.89. The number of benzene rings is 1. The second kappa shape index (κ2) is 9.38. The van der Waals surface area contributed by atoms with Gasteiger partial charge < -0.3 is 22.1 Å². The molecule has 1 aliphatic carbocycles. The Hall–Kier alpha value is -3.32. The summed E-state index contributed by atoms with van der Waals surface area (Å²) < 4.78 is 0. The molecule has 1 amide bonds. The summed E-state index contributed by atoms with van der Waals surface area (Å²) in [5.74, 6) is 5.72. The predicted molar refractivity (Wildman–Crippen MR) is 137 cm³/mol. The molecule has 10 heteroatoms. The maximum atomic E-state index is 11.0. The molecule has 1 spiro atoms. The smallest absolute Gasteiger partial charge is 0.293 e. The number of hydrogen-bond acceptors (Lipinski definition) is 8. The summed E-state index contributed by atoms with van der Waals surface area (Å²) in [4.78, 5) is 27.2. The van der Waals surface area contributed by atoms with Crippen molar-refractivity contribution in [2.45, 2.75) is 35.2 Å². The number of pyridine rings is 1. The van der Waals surface area contributed by atoms with E-state index in [4.69, 9.17) is 28.8 Å². The van der Waals surface area contributed by atoms with E-state index in [0.29, 0.717) is 10.8 Å². The Bertz CT molecular complexity index is 1340. The molecule has 0 unspecified atom stereocenters. The highest BCUT2D eigenvalue weighted by atomic mass is 35.5. The van der Waals surface area contributed by atoms with Gasteiger partial charge in [0.25, 0.3) is 5.91 Å². The van der Waals surface area contributed by atoms with Crippen LogP contribution < -0.4 is 22.1 Å². The summed E-state index contributed by atoms with van der Waals surface area (Å²) in [6, 6.07) is 7.74. The summed E-state index contributed by atoms with van der Waals surface area (Å²) in [7, 11) is 0. The minimum absolute atomic E-state index is 0.00974. The van der Waals surface area contributed by atoms with Gasteiger partial charge in [-0.15, -0.1) is 0 Å². The van der Waals surface area contributed by atoms with Gasteiger partial charge in [0, 0.05) is 35.8 Å². The topological polar surface area (TPSA) is 137 Å². The summed E-state index contributed by atoms with van der Waals surface area (Å²) >= 11 is 7.64. The van der Waals surface area contributed by atoms with Gasteiger partial charge in [0.2, 0.25) is 0 Å². The van der Waals surface area contributed by atoms with E-state index in [1.807, 2.05) is 12.1 Å². The van der Waals surface area contributed by atoms with Crippen LogP contribution in [0.25, 0.3) is 0 Å². The molecule has 0 saturated carbocycles. The molecule has 0 radical (unpaired) electrons. The highest BCUT2D eigenvalue weighted by molar-refractivity contribution is 7.99. The SMILES string of the molecule is NC(=O)C#Cc1ccc2c(c1)[C@@H](N)C1(CCN(c3cnc(Sc4ccnc(N)c4Cl)cn3)CC1)C2. The van der Waals surface area contributed by atoms with E-state index in [1.54, 1.807) is 24.7 Å². The maximum Gasteiger partial charge on any atom is 0.293 e. The monoisotopic (exact) mass is 505 g/mol. The van der Waals surface area contributed by atoms with Crippen LogP contribution in [-0.4, -0.2) is 33.9 Å². The molecule has 1 aromatic carbocycles. The number of halogens is 1. The van der Waals surface area contributed by atoms with Crippen LogP contribution in [0.15, 0.2) is 52.8 Å². The zero-order valence-electron chi connectivity index (χ0n) is 18.9. The summed E-state index contributed by atoms with van der Waals surface area (Å²) in [5, 5.41) is 1.16. The second-order valence-corrected chi connectivity index (χ2v) is 10.3. The largest absolute Gasteiger partial charge is 0.382 e. The van der Waals surface area contributed by atoms with Crippen LogP contribution in [0.4, 0.5) is 11.6 Å². The predicted octanol–water partition coefficient (Wildman–Crippen LogP) is 2.94. The lowest BCUT2D eigenvalue weighted by atomic mass is 9.73. The van der Waals surface area contributed by atoms with Gasteiger partial charge in [0.05, 0.1) is 17.4 Å². The number of fused-ring (bicyclic) bond motifs is 1. The zero-order chi connectivity index (χ0) is 24.6. The number of carbonyl (C=O) groups excluding carboxylic acids is 1. The number of rotatable bonds is 3. The van der Waals surface area contributed by atoms with Crippen molar-refractivity contribution in [1.82, 2.24) is 15.0 Å². The van der Waals surface area contributed by atoms with Crippen molar-refractivity contribution < 1.29 is 4.79 Å². The Kier molecular flexibility index (Phi) is 6.28. The standard InChI is InChI=1S/C25H24ClN7OS/c26-22-18(5-8-30-24(22)29)35-21-14-31-20(13-32-21)33-9-6-25(7-10-33)12-16-3-1-15(2-4-19(27)34)11-17(16)23(25)28/h1,3,5,8,11,13-14,23H,6-7,9-10,12,28H2,(H2,27,34)(H2,29,30)/t23-/m1/s1. The number of anilines is 2. The Morgan fingerprint density at radius 2 is 1.97 bits per heavy atom. The Morgan fingerprint density at radius 3 is 2.69 bits per heavy atom. The van der Waals surface area contributed by atoms with E-state index in [9.17, 15) is 4.79 Å². The van der Waals surface area contributed by atoms with Gasteiger partial charge in [-0.1, -0.05) is 35.3 Å². The number of aromatic nitrogens is 3. The van der Waals surface area contributed by atoms with Crippen LogP contribution >= 0.6 is 23.4 Å². The summed E-state index contributed by atoms with van der Waals surface area (Å²) in [5.41, 5.74) is 20.8. The molecule has 6 N–H and O–H groups in total. The number of nitrogen functional groups attached to an aromatic ring is 1. The third-order valence-electron chi connectivity index (χ3n) is 6.81. The molecule has 3 aromatic rings. The van der Waals surface area contributed by atoms with E-state index < -0.39 is 5.91 Å². The van der Waals surface area contributed by atoms with E-state index >= 15 is 0 Å². The zero-order valence-corrected chi connectivity index (χ0v) is 20.4. The molecule has 178 valence electrons. The number of nitrogens with two attached hydrogens (primary N) is 3. The van der Waals surface area contributed by atoms with Gasteiger partial charge in [-0.3, -0.25) is 4.79 Å².